The average molecular weight is 439 g/mol. The molecule has 0 unspecified atom stereocenters. The number of fused-ring (bicyclic) bond motifs is 1. The van der Waals surface area contributed by atoms with Crippen LogP contribution in [-0.2, 0) is 28.9 Å². The summed E-state index contributed by atoms with van der Waals surface area (Å²) in [4.78, 5) is 15.1. The van der Waals surface area contributed by atoms with Crippen LogP contribution in [0.4, 0.5) is 0 Å². The molecular formula is C21H31BrN2O3. The van der Waals surface area contributed by atoms with Crippen LogP contribution < -0.4 is 0 Å². The second-order valence-electron chi connectivity index (χ2n) is 7.75. The van der Waals surface area contributed by atoms with Gasteiger partial charge in [-0.15, -0.1) is 0 Å². The van der Waals surface area contributed by atoms with Gasteiger partial charge >= 0.3 is 5.97 Å². The molecule has 3 rings (SSSR count). The number of carbonyl (C=O) groups excluding carboxylic acids is 1. The Hall–Kier alpha value is -1.27. The van der Waals surface area contributed by atoms with E-state index in [0.717, 1.165) is 40.0 Å². The van der Waals surface area contributed by atoms with E-state index in [1.54, 1.807) is 7.11 Å². The summed E-state index contributed by atoms with van der Waals surface area (Å²) in [6.45, 7) is 2.99. The van der Waals surface area contributed by atoms with Crippen LogP contribution in [0.2, 0.25) is 0 Å². The SMILES string of the molecule is CCOC(=O)c1c2c(n(C3CCCCC3)c1CN(C)C)CC(Br)=C(OC)C2. The standard InChI is InChI=1S/C21H31BrN2O3/c1-5-27-21(25)20-15-11-19(26-4)16(22)12-17(15)24(18(20)13-23(2)3)14-9-7-6-8-10-14/h14H,5-13H2,1-4H3. The smallest absolute Gasteiger partial charge is 0.340 e. The fourth-order valence-electron chi connectivity index (χ4n) is 4.49. The molecule has 0 spiro atoms. The molecule has 0 aromatic carbocycles. The molecular weight excluding hydrogens is 408 g/mol. The van der Waals surface area contributed by atoms with Crippen molar-refractivity contribution in [2.75, 3.05) is 27.8 Å². The van der Waals surface area contributed by atoms with Gasteiger partial charge < -0.3 is 18.9 Å². The van der Waals surface area contributed by atoms with E-state index in [-0.39, 0.29) is 5.97 Å². The van der Waals surface area contributed by atoms with Gasteiger partial charge in [-0.1, -0.05) is 35.2 Å². The van der Waals surface area contributed by atoms with Crippen molar-refractivity contribution < 1.29 is 14.3 Å². The Bertz CT molecular complexity index is 730. The van der Waals surface area contributed by atoms with E-state index in [2.05, 4.69) is 39.5 Å². The number of ether oxygens (including phenoxy) is 2. The normalized spacial score (nSPS) is 18.0. The van der Waals surface area contributed by atoms with Crippen molar-refractivity contribution in [2.45, 2.75) is 64.5 Å². The molecule has 0 radical (unpaired) electrons. The molecule has 0 N–H and O–H groups in total. The van der Waals surface area contributed by atoms with Gasteiger partial charge in [0.25, 0.3) is 0 Å². The van der Waals surface area contributed by atoms with Gasteiger partial charge in [0, 0.05) is 41.3 Å². The van der Waals surface area contributed by atoms with Gasteiger partial charge in [-0.25, -0.2) is 4.79 Å². The summed E-state index contributed by atoms with van der Waals surface area (Å²) >= 11 is 3.71. The first-order valence-corrected chi connectivity index (χ1v) is 10.7. The third-order valence-corrected chi connectivity index (χ3v) is 6.34. The number of hydrogen-bond acceptors (Lipinski definition) is 4. The van der Waals surface area contributed by atoms with E-state index < -0.39 is 0 Å². The first-order valence-electron chi connectivity index (χ1n) is 9.96. The minimum absolute atomic E-state index is 0.200. The number of esters is 1. The highest BCUT2D eigenvalue weighted by atomic mass is 79.9. The molecule has 2 aliphatic carbocycles. The maximum atomic E-state index is 13.0. The zero-order valence-corrected chi connectivity index (χ0v) is 18.5. The molecule has 1 saturated carbocycles. The maximum absolute atomic E-state index is 13.0. The predicted molar refractivity (Wildman–Crippen MR) is 110 cm³/mol. The molecule has 1 fully saturated rings. The number of rotatable bonds is 6. The maximum Gasteiger partial charge on any atom is 0.340 e. The molecule has 0 amide bonds. The van der Waals surface area contributed by atoms with Crippen molar-refractivity contribution in [1.82, 2.24) is 9.47 Å². The molecule has 6 heteroatoms. The Kier molecular flexibility index (Phi) is 6.69. The molecule has 0 bridgehead atoms. The number of aromatic nitrogens is 1. The molecule has 1 aromatic rings. The van der Waals surface area contributed by atoms with Gasteiger partial charge in [0.15, 0.2) is 0 Å². The van der Waals surface area contributed by atoms with Crippen molar-refractivity contribution in [3.8, 4) is 0 Å². The van der Waals surface area contributed by atoms with E-state index in [1.807, 2.05) is 6.92 Å². The van der Waals surface area contributed by atoms with E-state index in [4.69, 9.17) is 9.47 Å². The average Bonchev–Trinajstić information content (AvgIpc) is 2.93. The highest BCUT2D eigenvalue weighted by Crippen LogP contribution is 2.41. The summed E-state index contributed by atoms with van der Waals surface area (Å²) < 4.78 is 14.6. The second-order valence-corrected chi connectivity index (χ2v) is 8.71. The van der Waals surface area contributed by atoms with Crippen LogP contribution in [0.1, 0.15) is 72.4 Å². The van der Waals surface area contributed by atoms with Crippen molar-refractivity contribution in [1.29, 1.82) is 0 Å². The first-order chi connectivity index (χ1) is 13.0. The Morgan fingerprint density at radius 1 is 1.22 bits per heavy atom. The molecule has 5 nitrogen and oxygen atoms in total. The van der Waals surface area contributed by atoms with Crippen LogP contribution in [0.5, 0.6) is 0 Å². The summed E-state index contributed by atoms with van der Waals surface area (Å²) in [7, 11) is 5.81. The van der Waals surface area contributed by atoms with Gasteiger partial charge in [-0.3, -0.25) is 0 Å². The van der Waals surface area contributed by atoms with Crippen LogP contribution in [-0.4, -0.2) is 43.2 Å². The van der Waals surface area contributed by atoms with E-state index >= 15 is 0 Å². The Balaban J connectivity index is 2.18. The Labute approximate surface area is 170 Å². The minimum Gasteiger partial charge on any atom is -0.500 e. The molecule has 2 aliphatic rings. The van der Waals surface area contributed by atoms with Gasteiger partial charge in [0.1, 0.15) is 5.76 Å². The largest absolute Gasteiger partial charge is 0.500 e. The zero-order chi connectivity index (χ0) is 19.6. The summed E-state index contributed by atoms with van der Waals surface area (Å²) in [5, 5.41) is 0. The van der Waals surface area contributed by atoms with Crippen LogP contribution in [0.15, 0.2) is 10.2 Å². The number of carbonyl (C=O) groups is 1. The zero-order valence-electron chi connectivity index (χ0n) is 16.9. The quantitative estimate of drug-likeness (QED) is 0.609. The number of halogens is 1. The monoisotopic (exact) mass is 438 g/mol. The molecule has 0 aliphatic heterocycles. The van der Waals surface area contributed by atoms with Crippen molar-refractivity contribution in [2.24, 2.45) is 0 Å². The van der Waals surface area contributed by atoms with Crippen molar-refractivity contribution in [3.05, 3.63) is 32.8 Å². The third-order valence-electron chi connectivity index (χ3n) is 5.61. The summed E-state index contributed by atoms with van der Waals surface area (Å²) in [6, 6.07) is 0.468. The predicted octanol–water partition coefficient (Wildman–Crippen LogP) is 4.58. The lowest BCUT2D eigenvalue weighted by atomic mass is 9.94. The van der Waals surface area contributed by atoms with Crippen LogP contribution >= 0.6 is 15.9 Å². The first kappa shape index (κ1) is 20.5. The van der Waals surface area contributed by atoms with Crippen LogP contribution in [0.3, 0.4) is 0 Å². The molecule has 1 aromatic heterocycles. The number of hydrogen-bond donors (Lipinski definition) is 0. The summed E-state index contributed by atoms with van der Waals surface area (Å²) in [5.41, 5.74) is 4.22. The van der Waals surface area contributed by atoms with Crippen LogP contribution in [0, 0.1) is 0 Å². The lowest BCUT2D eigenvalue weighted by molar-refractivity contribution is 0.0522. The van der Waals surface area contributed by atoms with Gasteiger partial charge in [-0.2, -0.15) is 0 Å². The van der Waals surface area contributed by atoms with E-state index in [1.165, 1.54) is 37.8 Å². The number of methoxy groups -OCH3 is 1. The molecule has 1 heterocycles. The highest BCUT2D eigenvalue weighted by molar-refractivity contribution is 9.11. The molecule has 0 atom stereocenters. The lowest BCUT2D eigenvalue weighted by Crippen LogP contribution is -2.23. The van der Waals surface area contributed by atoms with Crippen molar-refractivity contribution in [3.63, 3.8) is 0 Å². The molecule has 27 heavy (non-hydrogen) atoms. The molecule has 150 valence electrons. The number of nitrogens with zero attached hydrogens (tertiary/aromatic N) is 2. The lowest BCUT2D eigenvalue weighted by Gasteiger charge is -2.29. The number of allylic oxidation sites excluding steroid dienone is 2. The van der Waals surface area contributed by atoms with E-state index in [9.17, 15) is 4.79 Å². The topological polar surface area (TPSA) is 43.7 Å². The van der Waals surface area contributed by atoms with Gasteiger partial charge in [0.2, 0.25) is 0 Å². The van der Waals surface area contributed by atoms with Crippen molar-refractivity contribution >= 4 is 21.9 Å². The second kappa shape index (κ2) is 8.82. The highest BCUT2D eigenvalue weighted by Gasteiger charge is 2.34. The van der Waals surface area contributed by atoms with Gasteiger partial charge in [0.05, 0.1) is 19.3 Å². The van der Waals surface area contributed by atoms with Gasteiger partial charge in [-0.05, 0) is 39.4 Å². The fourth-order valence-corrected chi connectivity index (χ4v) is 5.06. The molecule has 0 saturated heterocycles. The Morgan fingerprint density at radius 2 is 1.93 bits per heavy atom. The fraction of sp³-hybridized carbons (Fsp3) is 0.667. The van der Waals surface area contributed by atoms with Crippen LogP contribution in [0.25, 0.3) is 0 Å². The van der Waals surface area contributed by atoms with E-state index in [0.29, 0.717) is 19.1 Å². The third kappa shape index (κ3) is 4.11. The Morgan fingerprint density at radius 3 is 2.52 bits per heavy atom. The summed E-state index contributed by atoms with van der Waals surface area (Å²) in [6.07, 6.45) is 7.60. The summed E-state index contributed by atoms with van der Waals surface area (Å²) in [5.74, 6) is 0.707. The minimum atomic E-state index is -0.200.